The van der Waals surface area contributed by atoms with Crippen LogP contribution in [0.4, 0.5) is 24.0 Å². The Hall–Kier alpha value is -2.42. The average Bonchev–Trinajstić information content (AvgIpc) is 3.27. The molecule has 24 heavy (non-hydrogen) atoms. The molecular formula is C15H12F3N5S. The zero-order chi connectivity index (χ0) is 17.1. The molecule has 1 saturated carbocycles. The zero-order valence-corrected chi connectivity index (χ0v) is 13.1. The Morgan fingerprint density at radius 1 is 1.08 bits per heavy atom. The Labute approximate surface area is 138 Å². The van der Waals surface area contributed by atoms with Gasteiger partial charge in [0, 0.05) is 11.1 Å². The van der Waals surface area contributed by atoms with Crippen molar-refractivity contribution in [1.82, 2.24) is 15.2 Å². The smallest absolute Gasteiger partial charge is 0.398 e. The highest BCUT2D eigenvalue weighted by molar-refractivity contribution is 7.18. The number of aromatic nitrogens is 3. The third-order valence-electron chi connectivity index (χ3n) is 3.98. The Bertz CT molecular complexity index is 946. The van der Waals surface area contributed by atoms with Gasteiger partial charge >= 0.3 is 6.18 Å². The molecule has 2 heterocycles. The first-order valence-electron chi connectivity index (χ1n) is 7.23. The van der Waals surface area contributed by atoms with Crippen LogP contribution in [0.15, 0.2) is 18.2 Å². The second-order valence-corrected chi connectivity index (χ2v) is 6.79. The normalized spacial score (nSPS) is 15.1. The van der Waals surface area contributed by atoms with Gasteiger partial charge in [-0.25, -0.2) is 4.98 Å². The number of rotatable bonds is 2. The summed E-state index contributed by atoms with van der Waals surface area (Å²) in [5.41, 5.74) is 11.7. The molecule has 0 atom stereocenters. The SMILES string of the molecule is Nc1nnc(-c2cc(N)c3cc(C4CC4)cc(C(F)(F)F)c3n2)s1. The van der Waals surface area contributed by atoms with E-state index in [9.17, 15) is 13.2 Å². The minimum Gasteiger partial charge on any atom is -0.398 e. The summed E-state index contributed by atoms with van der Waals surface area (Å²) in [5.74, 6) is 0.178. The summed E-state index contributed by atoms with van der Waals surface area (Å²) >= 11 is 1.05. The fraction of sp³-hybridized carbons (Fsp3) is 0.267. The third-order valence-corrected chi connectivity index (χ3v) is 4.76. The van der Waals surface area contributed by atoms with Gasteiger partial charge in [-0.15, -0.1) is 10.2 Å². The number of halogens is 3. The van der Waals surface area contributed by atoms with Crippen LogP contribution in [0.2, 0.25) is 0 Å². The van der Waals surface area contributed by atoms with E-state index >= 15 is 0 Å². The highest BCUT2D eigenvalue weighted by Crippen LogP contribution is 2.45. The Morgan fingerprint density at radius 2 is 1.83 bits per heavy atom. The molecule has 0 spiro atoms. The fourth-order valence-corrected chi connectivity index (χ4v) is 3.26. The van der Waals surface area contributed by atoms with Gasteiger partial charge in [0.1, 0.15) is 5.69 Å². The zero-order valence-electron chi connectivity index (χ0n) is 12.3. The maximum atomic E-state index is 13.5. The molecule has 4 N–H and O–H groups in total. The van der Waals surface area contributed by atoms with Crippen LogP contribution in [0.1, 0.15) is 29.9 Å². The summed E-state index contributed by atoms with van der Waals surface area (Å²) in [4.78, 5) is 4.16. The second kappa shape index (κ2) is 5.04. The first kappa shape index (κ1) is 15.1. The van der Waals surface area contributed by atoms with Crippen molar-refractivity contribution in [2.75, 3.05) is 11.5 Å². The van der Waals surface area contributed by atoms with Crippen molar-refractivity contribution >= 4 is 33.1 Å². The first-order valence-corrected chi connectivity index (χ1v) is 8.05. The van der Waals surface area contributed by atoms with Gasteiger partial charge in [0.2, 0.25) is 5.13 Å². The molecule has 124 valence electrons. The minimum absolute atomic E-state index is 0.171. The number of fused-ring (bicyclic) bond motifs is 1. The van der Waals surface area contributed by atoms with E-state index in [1.165, 1.54) is 12.1 Å². The molecular weight excluding hydrogens is 339 g/mol. The van der Waals surface area contributed by atoms with Gasteiger partial charge in [-0.1, -0.05) is 11.3 Å². The van der Waals surface area contributed by atoms with Crippen molar-refractivity contribution in [3.05, 3.63) is 29.3 Å². The highest BCUT2D eigenvalue weighted by atomic mass is 32.1. The highest BCUT2D eigenvalue weighted by Gasteiger charge is 2.36. The molecule has 1 aliphatic rings. The summed E-state index contributed by atoms with van der Waals surface area (Å²) in [6.45, 7) is 0. The fourth-order valence-electron chi connectivity index (χ4n) is 2.69. The van der Waals surface area contributed by atoms with Crippen LogP contribution in [-0.4, -0.2) is 15.2 Å². The van der Waals surface area contributed by atoms with Crippen molar-refractivity contribution in [3.63, 3.8) is 0 Å². The molecule has 4 rings (SSSR count). The van der Waals surface area contributed by atoms with Gasteiger partial charge < -0.3 is 11.5 Å². The van der Waals surface area contributed by atoms with E-state index in [2.05, 4.69) is 15.2 Å². The molecule has 1 aliphatic carbocycles. The Balaban J connectivity index is 2.00. The summed E-state index contributed by atoms with van der Waals surface area (Å²) in [5, 5.41) is 8.35. The lowest BCUT2D eigenvalue weighted by Crippen LogP contribution is -2.09. The molecule has 5 nitrogen and oxygen atoms in total. The second-order valence-electron chi connectivity index (χ2n) is 5.78. The molecule has 1 aromatic carbocycles. The van der Waals surface area contributed by atoms with Gasteiger partial charge in [0.25, 0.3) is 0 Å². The molecule has 3 aromatic rings. The van der Waals surface area contributed by atoms with Crippen molar-refractivity contribution in [3.8, 4) is 10.7 Å². The first-order chi connectivity index (χ1) is 11.3. The number of nitrogens with zero attached hydrogens (tertiary/aromatic N) is 3. The van der Waals surface area contributed by atoms with E-state index < -0.39 is 11.7 Å². The lowest BCUT2D eigenvalue weighted by Gasteiger charge is -2.14. The third kappa shape index (κ3) is 2.54. The number of alkyl halides is 3. The van der Waals surface area contributed by atoms with E-state index in [1.807, 2.05) is 0 Å². The molecule has 0 aliphatic heterocycles. The van der Waals surface area contributed by atoms with Gasteiger partial charge in [0.05, 0.1) is 11.1 Å². The van der Waals surface area contributed by atoms with Crippen molar-refractivity contribution in [2.45, 2.75) is 24.9 Å². The quantitative estimate of drug-likeness (QED) is 0.732. The maximum absolute atomic E-state index is 13.5. The standard InChI is InChI=1S/C15H12F3N5S/c16-15(17,18)9-4-7(6-1-2-6)3-8-10(19)5-11(21-12(8)9)13-22-23-14(20)24-13/h3-6H,1-2H2,(H2,19,21)(H2,20,23). The molecule has 0 amide bonds. The van der Waals surface area contributed by atoms with Gasteiger partial charge in [-0.2, -0.15) is 13.2 Å². The lowest BCUT2D eigenvalue weighted by molar-refractivity contribution is -0.136. The summed E-state index contributed by atoms with van der Waals surface area (Å²) in [6, 6.07) is 4.41. The van der Waals surface area contributed by atoms with Crippen molar-refractivity contribution in [1.29, 1.82) is 0 Å². The largest absolute Gasteiger partial charge is 0.418 e. The van der Waals surface area contributed by atoms with Gasteiger partial charge in [0.15, 0.2) is 5.01 Å². The predicted octanol–water partition coefficient (Wildman–Crippen LogP) is 3.81. The summed E-state index contributed by atoms with van der Waals surface area (Å²) < 4.78 is 40.6. The number of benzene rings is 1. The van der Waals surface area contributed by atoms with Gasteiger partial charge in [-0.3, -0.25) is 0 Å². The Morgan fingerprint density at radius 3 is 2.42 bits per heavy atom. The molecule has 0 unspecified atom stereocenters. The van der Waals surface area contributed by atoms with Crippen LogP contribution < -0.4 is 11.5 Å². The van der Waals surface area contributed by atoms with E-state index in [0.717, 1.165) is 24.2 Å². The molecule has 0 saturated heterocycles. The van der Waals surface area contributed by atoms with E-state index in [-0.39, 0.29) is 27.9 Å². The van der Waals surface area contributed by atoms with Crippen LogP contribution in [-0.2, 0) is 6.18 Å². The van der Waals surface area contributed by atoms with Crippen molar-refractivity contribution in [2.24, 2.45) is 0 Å². The minimum atomic E-state index is -4.51. The van der Waals surface area contributed by atoms with Crippen LogP contribution in [0, 0.1) is 0 Å². The van der Waals surface area contributed by atoms with E-state index in [1.54, 1.807) is 6.07 Å². The van der Waals surface area contributed by atoms with E-state index in [0.29, 0.717) is 16.0 Å². The van der Waals surface area contributed by atoms with Gasteiger partial charge in [-0.05, 0) is 42.5 Å². The lowest BCUT2D eigenvalue weighted by atomic mass is 10.0. The molecule has 2 aromatic heterocycles. The van der Waals surface area contributed by atoms with Crippen LogP contribution >= 0.6 is 11.3 Å². The van der Waals surface area contributed by atoms with Crippen LogP contribution in [0.5, 0.6) is 0 Å². The van der Waals surface area contributed by atoms with Crippen LogP contribution in [0.3, 0.4) is 0 Å². The number of nitrogens with two attached hydrogens (primary N) is 2. The van der Waals surface area contributed by atoms with Crippen molar-refractivity contribution < 1.29 is 13.2 Å². The summed E-state index contributed by atoms with van der Waals surface area (Å²) in [6.07, 6.45) is -2.71. The average molecular weight is 351 g/mol. The molecule has 0 radical (unpaired) electrons. The predicted molar refractivity (Wildman–Crippen MR) is 86.4 cm³/mol. The topological polar surface area (TPSA) is 90.7 Å². The number of hydrogen-bond donors (Lipinski definition) is 2. The Kier molecular flexibility index (Phi) is 3.17. The molecule has 0 bridgehead atoms. The number of anilines is 2. The molecule has 1 fully saturated rings. The molecule has 9 heteroatoms. The maximum Gasteiger partial charge on any atom is 0.418 e. The van der Waals surface area contributed by atoms with Crippen LogP contribution in [0.25, 0.3) is 21.6 Å². The number of pyridine rings is 1. The number of hydrogen-bond acceptors (Lipinski definition) is 6. The summed E-state index contributed by atoms with van der Waals surface area (Å²) in [7, 11) is 0. The monoisotopic (exact) mass is 351 g/mol. The van der Waals surface area contributed by atoms with E-state index in [4.69, 9.17) is 11.5 Å². The number of nitrogen functional groups attached to an aromatic ring is 2.